The molecule has 1 saturated heterocycles. The average molecular weight is 523 g/mol. The summed E-state index contributed by atoms with van der Waals surface area (Å²) in [5.41, 5.74) is 3.66. The number of hydrogen-bond acceptors (Lipinski definition) is 4. The predicted molar refractivity (Wildman–Crippen MR) is 133 cm³/mol. The van der Waals surface area contributed by atoms with Gasteiger partial charge in [-0.05, 0) is 37.1 Å². The molecule has 0 bridgehead atoms. The van der Waals surface area contributed by atoms with Crippen LogP contribution in [0, 0.1) is 0 Å². The van der Waals surface area contributed by atoms with Crippen LogP contribution in [0.15, 0.2) is 53.7 Å². The maximum Gasteiger partial charge on any atom is 0.191 e. The molecule has 7 heteroatoms. The quantitative estimate of drug-likeness (QED) is 0.332. The summed E-state index contributed by atoms with van der Waals surface area (Å²) < 4.78 is 5.82. The number of nitrogens with zero attached hydrogens (tertiary/aromatic N) is 3. The lowest BCUT2D eigenvalue weighted by Gasteiger charge is -2.35. The molecule has 164 valence electrons. The lowest BCUT2D eigenvalue weighted by atomic mass is 10.1. The van der Waals surface area contributed by atoms with Gasteiger partial charge in [0, 0.05) is 58.1 Å². The highest BCUT2D eigenvalue weighted by Crippen LogP contribution is 2.14. The highest BCUT2D eigenvalue weighted by Gasteiger charge is 2.21. The zero-order valence-electron chi connectivity index (χ0n) is 18.2. The number of nitrogens with one attached hydrogen (secondary N) is 2. The third-order valence-electron chi connectivity index (χ3n) is 5.01. The van der Waals surface area contributed by atoms with E-state index in [0.29, 0.717) is 12.2 Å². The largest absolute Gasteiger partial charge is 0.373 e. The first kappa shape index (κ1) is 24.6. The van der Waals surface area contributed by atoms with Crippen LogP contribution >= 0.6 is 24.0 Å². The van der Waals surface area contributed by atoms with Crippen molar-refractivity contribution >= 4 is 29.9 Å². The molecule has 0 saturated carbocycles. The lowest BCUT2D eigenvalue weighted by Crippen LogP contribution is -2.44. The normalized spacial score (nSPS) is 19.8. The lowest BCUT2D eigenvalue weighted by molar-refractivity contribution is -0.0704. The van der Waals surface area contributed by atoms with Crippen molar-refractivity contribution < 1.29 is 4.74 Å². The number of hydrogen-bond donors (Lipinski definition) is 2. The van der Waals surface area contributed by atoms with Gasteiger partial charge in [0.1, 0.15) is 0 Å². The average Bonchev–Trinajstić information content (AvgIpc) is 2.71. The van der Waals surface area contributed by atoms with Gasteiger partial charge in [0.2, 0.25) is 0 Å². The van der Waals surface area contributed by atoms with Crippen molar-refractivity contribution in [2.45, 2.75) is 45.6 Å². The van der Waals surface area contributed by atoms with Crippen LogP contribution < -0.4 is 10.6 Å². The Morgan fingerprint density at radius 2 is 1.77 bits per heavy atom. The Morgan fingerprint density at radius 1 is 1.07 bits per heavy atom. The molecule has 1 fully saturated rings. The number of guanidine groups is 1. The van der Waals surface area contributed by atoms with E-state index in [1.807, 2.05) is 24.4 Å². The van der Waals surface area contributed by atoms with Crippen molar-refractivity contribution in [3.05, 3.63) is 65.5 Å². The predicted octanol–water partition coefficient (Wildman–Crippen LogP) is 3.22. The van der Waals surface area contributed by atoms with E-state index < -0.39 is 0 Å². The topological polar surface area (TPSA) is 61.8 Å². The maximum absolute atomic E-state index is 5.82. The van der Waals surface area contributed by atoms with Crippen molar-refractivity contribution in [3.63, 3.8) is 0 Å². The van der Waals surface area contributed by atoms with Gasteiger partial charge in [-0.15, -0.1) is 24.0 Å². The minimum atomic E-state index is 0. The number of rotatable bonds is 7. The minimum absolute atomic E-state index is 0. The van der Waals surface area contributed by atoms with Crippen LogP contribution in [-0.2, 0) is 24.2 Å². The van der Waals surface area contributed by atoms with Gasteiger partial charge in [-0.25, -0.2) is 0 Å². The first-order valence-corrected chi connectivity index (χ1v) is 10.4. The molecule has 6 nitrogen and oxygen atoms in total. The third kappa shape index (κ3) is 8.20. The van der Waals surface area contributed by atoms with Crippen LogP contribution in [0.5, 0.6) is 0 Å². The fourth-order valence-electron chi connectivity index (χ4n) is 3.70. The van der Waals surface area contributed by atoms with Gasteiger partial charge < -0.3 is 15.4 Å². The smallest absolute Gasteiger partial charge is 0.191 e. The molecule has 3 rings (SSSR count). The molecule has 0 radical (unpaired) electrons. The van der Waals surface area contributed by atoms with Crippen LogP contribution in [0.1, 0.15) is 30.7 Å². The monoisotopic (exact) mass is 523 g/mol. The summed E-state index contributed by atoms with van der Waals surface area (Å²) in [6, 6.07) is 14.8. The third-order valence-corrected chi connectivity index (χ3v) is 5.01. The molecule has 2 N–H and O–H groups in total. The van der Waals surface area contributed by atoms with Gasteiger partial charge in [-0.1, -0.05) is 30.3 Å². The fourth-order valence-corrected chi connectivity index (χ4v) is 3.70. The molecule has 0 amide bonds. The summed E-state index contributed by atoms with van der Waals surface area (Å²) in [4.78, 5) is 11.1. The van der Waals surface area contributed by atoms with Gasteiger partial charge in [-0.3, -0.25) is 14.9 Å². The zero-order chi connectivity index (χ0) is 20.5. The summed E-state index contributed by atoms with van der Waals surface area (Å²) in [5, 5.41) is 6.72. The molecular weight excluding hydrogens is 489 g/mol. The van der Waals surface area contributed by atoms with E-state index >= 15 is 0 Å². The number of aliphatic imine (C=N–C) groups is 1. The Kier molecular flexibility index (Phi) is 10.5. The van der Waals surface area contributed by atoms with Crippen molar-refractivity contribution in [1.82, 2.24) is 20.5 Å². The van der Waals surface area contributed by atoms with Crippen LogP contribution in [0.2, 0.25) is 0 Å². The van der Waals surface area contributed by atoms with Crippen molar-refractivity contribution in [2.75, 3.05) is 26.7 Å². The van der Waals surface area contributed by atoms with E-state index in [0.717, 1.165) is 50.8 Å². The Labute approximate surface area is 197 Å². The molecular formula is C23H34IN5O. The number of pyridine rings is 1. The Bertz CT molecular complexity index is 759. The standard InChI is InChI=1S/C23H33N5O.HI/c1-18-15-28(16-19(2)29-18)17-21-9-7-20(8-10-21)14-27-23(24-3)26-13-11-22-6-4-5-12-25-22;/h4-10,12,18-19H,11,13-17H2,1-3H3,(H2,24,26,27);1H. The summed E-state index contributed by atoms with van der Waals surface area (Å²) in [6.07, 6.45) is 3.31. The summed E-state index contributed by atoms with van der Waals surface area (Å²) in [6.45, 7) is 8.80. The molecule has 1 aliphatic heterocycles. The summed E-state index contributed by atoms with van der Waals surface area (Å²) in [5.74, 6) is 0.807. The van der Waals surface area contributed by atoms with Gasteiger partial charge in [-0.2, -0.15) is 0 Å². The van der Waals surface area contributed by atoms with E-state index in [9.17, 15) is 0 Å². The first-order valence-electron chi connectivity index (χ1n) is 10.4. The molecule has 1 aliphatic rings. The highest BCUT2D eigenvalue weighted by molar-refractivity contribution is 14.0. The van der Waals surface area contributed by atoms with E-state index in [4.69, 9.17) is 4.74 Å². The van der Waals surface area contributed by atoms with Crippen LogP contribution in [0.25, 0.3) is 0 Å². The van der Waals surface area contributed by atoms with E-state index in [2.05, 4.69) is 63.6 Å². The second kappa shape index (κ2) is 12.9. The number of aromatic nitrogens is 1. The molecule has 2 atom stereocenters. The first-order chi connectivity index (χ1) is 14.1. The van der Waals surface area contributed by atoms with Crippen molar-refractivity contribution in [1.29, 1.82) is 0 Å². The van der Waals surface area contributed by atoms with Gasteiger partial charge >= 0.3 is 0 Å². The molecule has 1 aromatic heterocycles. The number of ether oxygens (including phenoxy) is 1. The summed E-state index contributed by atoms with van der Waals surface area (Å²) >= 11 is 0. The van der Waals surface area contributed by atoms with Crippen LogP contribution in [-0.4, -0.2) is 54.7 Å². The second-order valence-corrected chi connectivity index (χ2v) is 7.69. The van der Waals surface area contributed by atoms with E-state index in [1.54, 1.807) is 7.05 Å². The SMILES string of the molecule is CN=C(NCCc1ccccn1)NCc1ccc(CN2CC(C)OC(C)C2)cc1.I. The Hall–Kier alpha value is -1.71. The highest BCUT2D eigenvalue weighted by atomic mass is 127. The molecule has 2 heterocycles. The summed E-state index contributed by atoms with van der Waals surface area (Å²) in [7, 11) is 1.80. The van der Waals surface area contributed by atoms with E-state index in [1.165, 1.54) is 11.1 Å². The molecule has 0 aliphatic carbocycles. The minimum Gasteiger partial charge on any atom is -0.373 e. The number of benzene rings is 1. The van der Waals surface area contributed by atoms with Crippen LogP contribution in [0.4, 0.5) is 0 Å². The zero-order valence-corrected chi connectivity index (χ0v) is 20.5. The number of halogens is 1. The maximum atomic E-state index is 5.82. The van der Waals surface area contributed by atoms with Crippen LogP contribution in [0.3, 0.4) is 0 Å². The van der Waals surface area contributed by atoms with Gasteiger partial charge in [0.05, 0.1) is 12.2 Å². The number of morpholine rings is 1. The van der Waals surface area contributed by atoms with Crippen molar-refractivity contribution in [2.24, 2.45) is 4.99 Å². The molecule has 0 spiro atoms. The Balaban J connectivity index is 0.00000320. The molecule has 30 heavy (non-hydrogen) atoms. The second-order valence-electron chi connectivity index (χ2n) is 7.69. The van der Waals surface area contributed by atoms with Crippen molar-refractivity contribution in [3.8, 4) is 0 Å². The molecule has 2 unspecified atom stereocenters. The Morgan fingerprint density at radius 3 is 2.40 bits per heavy atom. The molecule has 1 aromatic carbocycles. The fraction of sp³-hybridized carbons (Fsp3) is 0.478. The van der Waals surface area contributed by atoms with Gasteiger partial charge in [0.25, 0.3) is 0 Å². The van der Waals surface area contributed by atoms with E-state index in [-0.39, 0.29) is 24.0 Å². The van der Waals surface area contributed by atoms with Gasteiger partial charge in [0.15, 0.2) is 5.96 Å². The molecule has 2 aromatic rings.